The average Bonchev–Trinajstić information content (AvgIpc) is 2.84. The van der Waals surface area contributed by atoms with Crippen LogP contribution in [-0.4, -0.2) is 30.9 Å². The standard InChI is InChI=1S/C25H15Br2ClN2O6/c1-35-20-5-3-2-4-19(20)30-23(32)17(22(31)29-25(30)34)11-14-10-15(26)12-18(27)21(14)36-24(33)13-6-8-16(28)9-7-13/h2-12H,1H3,(H,29,31,34)/b17-11-. The summed E-state index contributed by atoms with van der Waals surface area (Å²) < 4.78 is 11.8. The van der Waals surface area contributed by atoms with Crippen molar-refractivity contribution in [2.45, 2.75) is 0 Å². The number of carbonyl (C=O) groups excluding carboxylic acids is 4. The number of anilines is 1. The summed E-state index contributed by atoms with van der Waals surface area (Å²) in [7, 11) is 1.40. The zero-order chi connectivity index (χ0) is 26.0. The van der Waals surface area contributed by atoms with Gasteiger partial charge in [0.15, 0.2) is 5.75 Å². The molecule has 1 saturated heterocycles. The van der Waals surface area contributed by atoms with E-state index in [0.29, 0.717) is 14.0 Å². The Hall–Kier alpha value is -3.47. The van der Waals surface area contributed by atoms with Crippen molar-refractivity contribution in [2.24, 2.45) is 0 Å². The highest BCUT2D eigenvalue weighted by Crippen LogP contribution is 2.36. The smallest absolute Gasteiger partial charge is 0.343 e. The molecule has 3 aromatic rings. The molecule has 1 aliphatic heterocycles. The normalized spacial score (nSPS) is 14.6. The predicted octanol–water partition coefficient (Wildman–Crippen LogP) is 5.76. The van der Waals surface area contributed by atoms with E-state index in [-0.39, 0.29) is 33.9 Å². The molecule has 1 fully saturated rings. The summed E-state index contributed by atoms with van der Waals surface area (Å²) in [4.78, 5) is 52.2. The third-order valence-corrected chi connectivity index (χ3v) is 6.34. The van der Waals surface area contributed by atoms with Crippen molar-refractivity contribution in [3.05, 3.63) is 91.3 Å². The molecule has 8 nitrogen and oxygen atoms in total. The number of hydrogen-bond acceptors (Lipinski definition) is 6. The zero-order valence-corrected chi connectivity index (χ0v) is 22.3. The number of hydrogen-bond donors (Lipinski definition) is 1. The van der Waals surface area contributed by atoms with Gasteiger partial charge in [-0.2, -0.15) is 0 Å². The van der Waals surface area contributed by atoms with Gasteiger partial charge in [-0.3, -0.25) is 14.9 Å². The second kappa shape index (κ2) is 10.7. The van der Waals surface area contributed by atoms with Crippen molar-refractivity contribution in [2.75, 3.05) is 12.0 Å². The first-order valence-electron chi connectivity index (χ1n) is 10.2. The summed E-state index contributed by atoms with van der Waals surface area (Å²) in [5.74, 6) is -2.13. The maximum absolute atomic E-state index is 13.4. The van der Waals surface area contributed by atoms with E-state index >= 15 is 0 Å². The number of nitrogens with one attached hydrogen (secondary N) is 1. The van der Waals surface area contributed by atoms with Gasteiger partial charge >= 0.3 is 12.0 Å². The Morgan fingerprint density at radius 3 is 2.42 bits per heavy atom. The highest BCUT2D eigenvalue weighted by molar-refractivity contribution is 9.11. The van der Waals surface area contributed by atoms with Gasteiger partial charge in [0.2, 0.25) is 0 Å². The molecular formula is C25H15Br2ClN2O6. The van der Waals surface area contributed by atoms with Gasteiger partial charge in [0.05, 0.1) is 22.8 Å². The molecule has 0 unspecified atom stereocenters. The molecule has 1 N–H and O–H groups in total. The SMILES string of the molecule is COc1ccccc1N1C(=O)NC(=O)/C(=C/c2cc(Br)cc(Br)c2OC(=O)c2ccc(Cl)cc2)C1=O. The number of rotatable bonds is 5. The van der Waals surface area contributed by atoms with Crippen molar-refractivity contribution in [1.82, 2.24) is 5.32 Å². The summed E-state index contributed by atoms with van der Waals surface area (Å²) >= 11 is 12.6. The van der Waals surface area contributed by atoms with Crippen molar-refractivity contribution >= 4 is 79.0 Å². The van der Waals surface area contributed by atoms with Crippen LogP contribution >= 0.6 is 43.5 Å². The number of nitrogens with zero attached hydrogens (tertiary/aromatic N) is 1. The lowest BCUT2D eigenvalue weighted by molar-refractivity contribution is -0.122. The number of carbonyl (C=O) groups is 4. The topological polar surface area (TPSA) is 102 Å². The maximum Gasteiger partial charge on any atom is 0.343 e. The van der Waals surface area contributed by atoms with E-state index in [0.717, 1.165) is 4.90 Å². The van der Waals surface area contributed by atoms with Crippen LogP contribution in [0.15, 0.2) is 75.2 Å². The summed E-state index contributed by atoms with van der Waals surface area (Å²) in [5.41, 5.74) is 0.277. The summed E-state index contributed by atoms with van der Waals surface area (Å²) in [6, 6.07) is 14.8. The van der Waals surface area contributed by atoms with Crippen molar-refractivity contribution < 1.29 is 28.7 Å². The number of esters is 1. The molecule has 36 heavy (non-hydrogen) atoms. The average molecular weight is 635 g/mol. The third kappa shape index (κ3) is 5.20. The molecule has 3 aromatic carbocycles. The number of amides is 4. The van der Waals surface area contributed by atoms with Gasteiger partial charge in [0.25, 0.3) is 11.8 Å². The Morgan fingerprint density at radius 2 is 1.72 bits per heavy atom. The summed E-state index contributed by atoms with van der Waals surface area (Å²) in [6.07, 6.45) is 1.24. The number of urea groups is 1. The van der Waals surface area contributed by atoms with Crippen LogP contribution in [-0.2, 0) is 9.59 Å². The molecule has 0 atom stereocenters. The number of benzene rings is 3. The van der Waals surface area contributed by atoms with E-state index in [1.165, 1.54) is 31.4 Å². The van der Waals surface area contributed by atoms with E-state index in [4.69, 9.17) is 21.1 Å². The van der Waals surface area contributed by atoms with Crippen molar-refractivity contribution in [3.63, 3.8) is 0 Å². The van der Waals surface area contributed by atoms with Crippen LogP contribution in [0.1, 0.15) is 15.9 Å². The van der Waals surface area contributed by atoms with Crippen molar-refractivity contribution in [1.29, 1.82) is 0 Å². The van der Waals surface area contributed by atoms with E-state index in [2.05, 4.69) is 37.2 Å². The first-order valence-corrected chi connectivity index (χ1v) is 12.2. The number of imide groups is 2. The van der Waals surface area contributed by atoms with Crippen LogP contribution in [0.4, 0.5) is 10.5 Å². The lowest BCUT2D eigenvalue weighted by Gasteiger charge is -2.27. The molecular weight excluding hydrogens is 620 g/mol. The molecule has 0 aliphatic carbocycles. The Morgan fingerprint density at radius 1 is 1.03 bits per heavy atom. The second-order valence-electron chi connectivity index (χ2n) is 7.33. The van der Waals surface area contributed by atoms with Crippen LogP contribution in [0.25, 0.3) is 6.08 Å². The maximum atomic E-state index is 13.4. The van der Waals surface area contributed by atoms with Gasteiger partial charge in [-0.1, -0.05) is 39.7 Å². The van der Waals surface area contributed by atoms with Gasteiger partial charge in [0, 0.05) is 15.1 Å². The molecule has 0 bridgehead atoms. The third-order valence-electron chi connectivity index (χ3n) is 5.04. The summed E-state index contributed by atoms with van der Waals surface area (Å²) in [5, 5.41) is 2.62. The second-order valence-corrected chi connectivity index (χ2v) is 9.54. The number of halogens is 3. The fourth-order valence-electron chi connectivity index (χ4n) is 3.38. The minimum atomic E-state index is -0.920. The Balaban J connectivity index is 1.76. The highest BCUT2D eigenvalue weighted by atomic mass is 79.9. The number of methoxy groups -OCH3 is 1. The Labute approximate surface area is 227 Å². The molecule has 4 amide bonds. The zero-order valence-electron chi connectivity index (χ0n) is 18.4. The van der Waals surface area contributed by atoms with Crippen molar-refractivity contribution in [3.8, 4) is 11.5 Å². The quantitative estimate of drug-likeness (QED) is 0.166. The monoisotopic (exact) mass is 632 g/mol. The fourth-order valence-corrected chi connectivity index (χ4v) is 4.84. The predicted molar refractivity (Wildman–Crippen MR) is 140 cm³/mol. The lowest BCUT2D eigenvalue weighted by atomic mass is 10.1. The van der Waals surface area contributed by atoms with Crippen LogP contribution in [0, 0.1) is 0 Å². The largest absolute Gasteiger partial charge is 0.495 e. The molecule has 1 heterocycles. The van der Waals surface area contributed by atoms with Crippen LogP contribution in [0.3, 0.4) is 0 Å². The molecule has 0 saturated carbocycles. The molecule has 0 spiro atoms. The molecule has 0 aromatic heterocycles. The molecule has 0 radical (unpaired) electrons. The highest BCUT2D eigenvalue weighted by Gasteiger charge is 2.38. The van der Waals surface area contributed by atoms with E-state index < -0.39 is 23.8 Å². The lowest BCUT2D eigenvalue weighted by Crippen LogP contribution is -2.54. The number of barbiturate groups is 1. The van der Waals surface area contributed by atoms with Crippen LogP contribution in [0.2, 0.25) is 5.02 Å². The van der Waals surface area contributed by atoms with E-state index in [9.17, 15) is 19.2 Å². The first-order chi connectivity index (χ1) is 17.2. The first kappa shape index (κ1) is 25.6. The Kier molecular flexibility index (Phi) is 7.58. The number of ether oxygens (including phenoxy) is 2. The number of para-hydroxylation sites is 2. The Bertz CT molecular complexity index is 1440. The van der Waals surface area contributed by atoms with Gasteiger partial charge < -0.3 is 9.47 Å². The molecule has 11 heteroatoms. The molecule has 182 valence electrons. The van der Waals surface area contributed by atoms with E-state index in [1.54, 1.807) is 42.5 Å². The van der Waals surface area contributed by atoms with E-state index in [1.807, 2.05) is 0 Å². The van der Waals surface area contributed by atoms with Gasteiger partial charge in [-0.05, 0) is 70.5 Å². The van der Waals surface area contributed by atoms with Gasteiger partial charge in [-0.15, -0.1) is 0 Å². The van der Waals surface area contributed by atoms with Gasteiger partial charge in [-0.25, -0.2) is 14.5 Å². The van der Waals surface area contributed by atoms with Gasteiger partial charge in [0.1, 0.15) is 11.3 Å². The minimum absolute atomic E-state index is 0.0620. The van der Waals surface area contributed by atoms with Crippen LogP contribution < -0.4 is 19.7 Å². The fraction of sp³-hybridized carbons (Fsp3) is 0.0400. The minimum Gasteiger partial charge on any atom is -0.495 e. The van der Waals surface area contributed by atoms with Crippen LogP contribution in [0.5, 0.6) is 11.5 Å². The molecule has 4 rings (SSSR count). The molecule has 1 aliphatic rings. The summed E-state index contributed by atoms with van der Waals surface area (Å²) in [6.45, 7) is 0.